The number of rotatable bonds is 7. The third kappa shape index (κ3) is 3.68. The minimum atomic E-state index is -0.325. The average molecular weight is 404 g/mol. The van der Waals surface area contributed by atoms with Gasteiger partial charge in [-0.05, 0) is 26.2 Å². The Hall–Kier alpha value is -2.26. The number of aryl methyl sites for hydroxylation is 2. The van der Waals surface area contributed by atoms with Crippen LogP contribution in [0.2, 0.25) is 0 Å². The lowest BCUT2D eigenvalue weighted by Crippen LogP contribution is -2.29. The van der Waals surface area contributed by atoms with Gasteiger partial charge in [0, 0.05) is 55.9 Å². The normalized spacial score (nSPS) is 18.3. The smallest absolute Gasteiger partial charge is 0.231 e. The van der Waals surface area contributed by atoms with Crippen LogP contribution in [0.4, 0.5) is 5.13 Å². The summed E-state index contributed by atoms with van der Waals surface area (Å²) in [6.45, 7) is 4.37. The molecule has 1 atom stereocenters. The van der Waals surface area contributed by atoms with Crippen molar-refractivity contribution in [1.82, 2.24) is 19.7 Å². The molecule has 150 valence electrons. The fourth-order valence-corrected chi connectivity index (χ4v) is 4.83. The van der Waals surface area contributed by atoms with E-state index in [1.807, 2.05) is 24.9 Å². The molecule has 0 saturated carbocycles. The van der Waals surface area contributed by atoms with Crippen molar-refractivity contribution in [1.29, 1.82) is 0 Å². The molecule has 2 aromatic heterocycles. The molecule has 2 aromatic rings. The first-order valence-electron chi connectivity index (χ1n) is 9.74. The Labute approximate surface area is 167 Å². The number of ether oxygens (including phenoxy) is 1. The highest BCUT2D eigenvalue weighted by Gasteiger charge is 2.34. The summed E-state index contributed by atoms with van der Waals surface area (Å²) in [7, 11) is 1.94. The zero-order valence-corrected chi connectivity index (χ0v) is 17.0. The Balaban J connectivity index is 1.37. The van der Waals surface area contributed by atoms with E-state index in [2.05, 4.69) is 15.4 Å². The number of carbonyl (C=O) groups excluding carboxylic acids is 2. The minimum Gasteiger partial charge on any atom is -0.382 e. The van der Waals surface area contributed by atoms with Crippen LogP contribution >= 0.6 is 11.3 Å². The first-order chi connectivity index (χ1) is 13.6. The van der Waals surface area contributed by atoms with Crippen LogP contribution in [0.3, 0.4) is 0 Å². The zero-order valence-electron chi connectivity index (χ0n) is 16.2. The second-order valence-corrected chi connectivity index (χ2v) is 8.28. The van der Waals surface area contributed by atoms with E-state index in [0.717, 1.165) is 30.5 Å². The van der Waals surface area contributed by atoms with Crippen molar-refractivity contribution < 1.29 is 14.3 Å². The molecule has 1 aliphatic heterocycles. The standard InChI is InChI=1S/C19H25N5O3S/c1-3-27-8-4-7-24-11-12(9-16(24)25)18(26)22-19-21-17-13-10-20-23(2)14(13)5-6-15(17)28-19/h10,12H,3-9,11H2,1-2H3,(H,21,22,26)/t12-/m0/s1. The second kappa shape index (κ2) is 8.00. The van der Waals surface area contributed by atoms with E-state index in [0.29, 0.717) is 31.4 Å². The number of thiazole rings is 1. The fourth-order valence-electron chi connectivity index (χ4n) is 3.85. The number of amides is 2. The molecule has 1 aliphatic carbocycles. The Kier molecular flexibility index (Phi) is 5.45. The van der Waals surface area contributed by atoms with Gasteiger partial charge in [-0.15, -0.1) is 11.3 Å². The maximum absolute atomic E-state index is 12.7. The van der Waals surface area contributed by atoms with Crippen molar-refractivity contribution in [3.05, 3.63) is 16.8 Å². The number of hydrogen-bond acceptors (Lipinski definition) is 6. The molecule has 2 aliphatic rings. The van der Waals surface area contributed by atoms with Crippen molar-refractivity contribution >= 4 is 28.3 Å². The van der Waals surface area contributed by atoms with Crippen LogP contribution in [0.5, 0.6) is 0 Å². The van der Waals surface area contributed by atoms with E-state index in [4.69, 9.17) is 4.74 Å². The fraction of sp³-hybridized carbons (Fsp3) is 0.579. The van der Waals surface area contributed by atoms with Crippen LogP contribution in [-0.4, -0.2) is 57.8 Å². The first-order valence-corrected chi connectivity index (χ1v) is 10.6. The molecule has 1 fully saturated rings. The summed E-state index contributed by atoms with van der Waals surface area (Å²) >= 11 is 1.52. The molecular formula is C19H25N5O3S. The van der Waals surface area contributed by atoms with Crippen LogP contribution < -0.4 is 5.32 Å². The highest BCUT2D eigenvalue weighted by Crippen LogP contribution is 2.38. The van der Waals surface area contributed by atoms with Crippen LogP contribution in [-0.2, 0) is 34.2 Å². The molecule has 4 rings (SSSR count). The molecular weight excluding hydrogens is 378 g/mol. The van der Waals surface area contributed by atoms with Crippen LogP contribution in [0.25, 0.3) is 11.3 Å². The number of aromatic nitrogens is 3. The maximum Gasteiger partial charge on any atom is 0.231 e. The van der Waals surface area contributed by atoms with Crippen molar-refractivity contribution in [2.45, 2.75) is 32.6 Å². The third-order valence-corrected chi connectivity index (χ3v) is 6.37. The summed E-state index contributed by atoms with van der Waals surface area (Å²) in [6.07, 6.45) is 4.74. The zero-order chi connectivity index (χ0) is 19.7. The van der Waals surface area contributed by atoms with Crippen LogP contribution in [0, 0.1) is 5.92 Å². The number of carbonyl (C=O) groups is 2. The van der Waals surface area contributed by atoms with E-state index < -0.39 is 0 Å². The van der Waals surface area contributed by atoms with E-state index >= 15 is 0 Å². The molecule has 3 heterocycles. The van der Waals surface area contributed by atoms with Gasteiger partial charge in [-0.25, -0.2) is 4.98 Å². The molecule has 0 radical (unpaired) electrons. The molecule has 28 heavy (non-hydrogen) atoms. The van der Waals surface area contributed by atoms with Crippen molar-refractivity contribution in [2.24, 2.45) is 13.0 Å². The van der Waals surface area contributed by atoms with Gasteiger partial charge in [-0.1, -0.05) is 0 Å². The van der Waals surface area contributed by atoms with E-state index in [9.17, 15) is 9.59 Å². The van der Waals surface area contributed by atoms with Crippen LogP contribution in [0.15, 0.2) is 6.20 Å². The molecule has 9 heteroatoms. The SMILES string of the molecule is CCOCCCN1C[C@@H](C(=O)Nc2nc3c(s2)CCc2c-3cnn2C)CC1=O. The van der Waals surface area contributed by atoms with Gasteiger partial charge < -0.3 is 15.0 Å². The monoisotopic (exact) mass is 403 g/mol. The Morgan fingerprint density at radius 2 is 2.29 bits per heavy atom. The Bertz CT molecular complexity index is 890. The molecule has 0 bridgehead atoms. The summed E-state index contributed by atoms with van der Waals surface area (Å²) in [5.74, 6) is -0.414. The quantitative estimate of drug-likeness (QED) is 0.713. The molecule has 1 saturated heterocycles. The number of anilines is 1. The summed E-state index contributed by atoms with van der Waals surface area (Å²) < 4.78 is 7.21. The number of nitrogens with zero attached hydrogens (tertiary/aromatic N) is 4. The number of likely N-dealkylation sites (tertiary alicyclic amines) is 1. The number of fused-ring (bicyclic) bond motifs is 3. The molecule has 0 spiro atoms. The van der Waals surface area contributed by atoms with Crippen molar-refractivity contribution in [3.8, 4) is 11.3 Å². The molecule has 0 unspecified atom stereocenters. The summed E-state index contributed by atoms with van der Waals surface area (Å²) in [4.78, 5) is 32.4. The summed E-state index contributed by atoms with van der Waals surface area (Å²) in [5, 5.41) is 7.86. The number of hydrogen-bond donors (Lipinski definition) is 1. The third-order valence-electron chi connectivity index (χ3n) is 5.34. The molecule has 8 nitrogen and oxygen atoms in total. The highest BCUT2D eigenvalue weighted by atomic mass is 32.1. The van der Waals surface area contributed by atoms with Crippen LogP contribution in [0.1, 0.15) is 30.3 Å². The Morgan fingerprint density at radius 1 is 1.43 bits per heavy atom. The van der Waals surface area contributed by atoms with Gasteiger partial charge in [-0.3, -0.25) is 14.3 Å². The summed E-state index contributed by atoms with van der Waals surface area (Å²) in [6, 6.07) is 0. The maximum atomic E-state index is 12.7. The van der Waals surface area contributed by atoms with Gasteiger partial charge in [0.1, 0.15) is 0 Å². The van der Waals surface area contributed by atoms with E-state index in [-0.39, 0.29) is 24.2 Å². The van der Waals surface area contributed by atoms with Gasteiger partial charge in [0.2, 0.25) is 11.8 Å². The van der Waals surface area contributed by atoms with Gasteiger partial charge in [0.15, 0.2) is 5.13 Å². The van der Waals surface area contributed by atoms with Crippen molar-refractivity contribution in [3.63, 3.8) is 0 Å². The second-order valence-electron chi connectivity index (χ2n) is 7.20. The molecule has 0 aromatic carbocycles. The minimum absolute atomic E-state index is 0.0371. The highest BCUT2D eigenvalue weighted by molar-refractivity contribution is 7.16. The van der Waals surface area contributed by atoms with Gasteiger partial charge in [0.25, 0.3) is 0 Å². The predicted octanol–water partition coefficient (Wildman–Crippen LogP) is 1.86. The van der Waals surface area contributed by atoms with Crippen molar-refractivity contribution in [2.75, 3.05) is 31.6 Å². The lowest BCUT2D eigenvalue weighted by molar-refractivity contribution is -0.128. The molecule has 2 amide bonds. The lowest BCUT2D eigenvalue weighted by Gasteiger charge is -2.16. The van der Waals surface area contributed by atoms with Gasteiger partial charge >= 0.3 is 0 Å². The first kappa shape index (κ1) is 19.1. The average Bonchev–Trinajstić information content (AvgIpc) is 3.36. The van der Waals surface area contributed by atoms with Gasteiger partial charge in [0.05, 0.1) is 17.8 Å². The summed E-state index contributed by atoms with van der Waals surface area (Å²) in [5.41, 5.74) is 3.16. The number of nitrogens with one attached hydrogen (secondary N) is 1. The topological polar surface area (TPSA) is 89.3 Å². The lowest BCUT2D eigenvalue weighted by atomic mass is 10.0. The molecule has 1 N–H and O–H groups in total. The largest absolute Gasteiger partial charge is 0.382 e. The Morgan fingerprint density at radius 3 is 3.11 bits per heavy atom. The van der Waals surface area contributed by atoms with E-state index in [1.54, 1.807) is 4.90 Å². The van der Waals surface area contributed by atoms with Gasteiger partial charge in [-0.2, -0.15) is 5.10 Å². The predicted molar refractivity (Wildman–Crippen MR) is 106 cm³/mol. The van der Waals surface area contributed by atoms with E-state index in [1.165, 1.54) is 21.9 Å².